The predicted octanol–water partition coefficient (Wildman–Crippen LogP) is 4.64. The minimum Gasteiger partial charge on any atom is -0.465 e. The smallest absolute Gasteiger partial charge is 0.316 e. The molecule has 0 unspecified atom stereocenters. The number of halogens is 2. The van der Waals surface area contributed by atoms with Gasteiger partial charge in [0.2, 0.25) is 4.80 Å². The van der Waals surface area contributed by atoms with Crippen LogP contribution in [-0.2, 0) is 16.1 Å². The number of hydrogen-bond donors (Lipinski definition) is 0. The summed E-state index contributed by atoms with van der Waals surface area (Å²) < 4.78 is 23.6. The molecule has 1 aliphatic rings. The van der Waals surface area contributed by atoms with E-state index in [0.717, 1.165) is 13.0 Å². The molecule has 2 heterocycles. The molecule has 138 valence electrons. The summed E-state index contributed by atoms with van der Waals surface area (Å²) in [5.41, 5.74) is 0.155. The first-order valence-electron chi connectivity index (χ1n) is 7.81. The van der Waals surface area contributed by atoms with Crippen LogP contribution in [0.4, 0.5) is 10.1 Å². The van der Waals surface area contributed by atoms with Crippen molar-refractivity contribution >= 4 is 64.8 Å². The molecule has 0 radical (unpaired) electrons. The summed E-state index contributed by atoms with van der Waals surface area (Å²) in [6.07, 6.45) is 4.78. The van der Waals surface area contributed by atoms with E-state index in [4.69, 9.17) is 28.6 Å². The summed E-state index contributed by atoms with van der Waals surface area (Å²) in [4.78, 5) is 17.1. The highest BCUT2D eigenvalue weighted by Gasteiger charge is 2.13. The standard InChI is InChI=1S/C16H15ClFN3O2S3/c1-2-23-14(22)9-25-13-8-12(11(18)7-10(13)17)19-15-20-5-3-4-6-21(20)16(24)26-15/h4,6-8H,2-3,5,9H2,1H3. The molecule has 1 aromatic heterocycles. The topological polar surface area (TPSA) is 48.5 Å². The van der Waals surface area contributed by atoms with Gasteiger partial charge in [0.05, 0.1) is 17.4 Å². The third kappa shape index (κ3) is 4.28. The molecular weight excluding hydrogens is 417 g/mol. The molecule has 0 N–H and O–H groups in total. The van der Waals surface area contributed by atoms with Gasteiger partial charge in [0.15, 0.2) is 3.95 Å². The summed E-state index contributed by atoms with van der Waals surface area (Å²) >= 11 is 13.9. The van der Waals surface area contributed by atoms with Crippen LogP contribution in [0, 0.1) is 9.77 Å². The van der Waals surface area contributed by atoms with E-state index in [0.29, 0.717) is 20.3 Å². The second-order valence-corrected chi connectivity index (χ2v) is 8.26. The van der Waals surface area contributed by atoms with E-state index in [1.54, 1.807) is 13.0 Å². The zero-order chi connectivity index (χ0) is 18.7. The monoisotopic (exact) mass is 431 g/mol. The molecular formula is C16H15ClFN3O2S3. The minimum absolute atomic E-state index is 0.0960. The second kappa shape index (κ2) is 8.51. The molecule has 0 atom stereocenters. The van der Waals surface area contributed by atoms with Crippen LogP contribution in [0.3, 0.4) is 0 Å². The van der Waals surface area contributed by atoms with Crippen molar-refractivity contribution in [3.05, 3.63) is 37.8 Å². The lowest BCUT2D eigenvalue weighted by atomic mass is 10.3. The number of thioether (sulfide) groups is 1. The normalized spacial score (nSPS) is 13.7. The fourth-order valence-electron chi connectivity index (χ4n) is 2.32. The number of benzene rings is 1. The summed E-state index contributed by atoms with van der Waals surface area (Å²) in [7, 11) is 0. The number of ether oxygens (including phenoxy) is 1. The Morgan fingerprint density at radius 1 is 1.54 bits per heavy atom. The summed E-state index contributed by atoms with van der Waals surface area (Å²) in [6, 6.07) is 2.75. The summed E-state index contributed by atoms with van der Waals surface area (Å²) in [6.45, 7) is 2.78. The lowest BCUT2D eigenvalue weighted by Gasteiger charge is -2.11. The quantitative estimate of drug-likeness (QED) is 0.393. The van der Waals surface area contributed by atoms with E-state index >= 15 is 0 Å². The molecule has 1 aromatic carbocycles. The van der Waals surface area contributed by atoms with Crippen LogP contribution in [0.2, 0.25) is 5.02 Å². The highest BCUT2D eigenvalue weighted by atomic mass is 35.5. The summed E-state index contributed by atoms with van der Waals surface area (Å²) in [5, 5.41) is 0.234. The van der Waals surface area contributed by atoms with E-state index in [9.17, 15) is 9.18 Å². The number of fused-ring (bicyclic) bond motifs is 1. The predicted molar refractivity (Wildman–Crippen MR) is 105 cm³/mol. The number of rotatable bonds is 5. The molecule has 0 aliphatic carbocycles. The van der Waals surface area contributed by atoms with Crippen LogP contribution < -0.4 is 4.80 Å². The zero-order valence-corrected chi connectivity index (χ0v) is 17.0. The van der Waals surface area contributed by atoms with Gasteiger partial charge >= 0.3 is 5.97 Å². The Morgan fingerprint density at radius 3 is 3.12 bits per heavy atom. The average Bonchev–Trinajstić information content (AvgIpc) is 2.93. The molecule has 3 rings (SSSR count). The Labute approximate surface area is 167 Å². The molecule has 5 nitrogen and oxygen atoms in total. The first kappa shape index (κ1) is 19.3. The van der Waals surface area contributed by atoms with Crippen molar-refractivity contribution in [3.8, 4) is 0 Å². The largest absolute Gasteiger partial charge is 0.465 e. The molecule has 0 saturated carbocycles. The van der Waals surface area contributed by atoms with E-state index < -0.39 is 5.82 Å². The highest BCUT2D eigenvalue weighted by Crippen LogP contribution is 2.33. The van der Waals surface area contributed by atoms with Gasteiger partial charge in [-0.15, -0.1) is 11.8 Å². The highest BCUT2D eigenvalue weighted by molar-refractivity contribution is 8.00. The van der Waals surface area contributed by atoms with Gasteiger partial charge in [-0.3, -0.25) is 9.48 Å². The molecule has 0 bridgehead atoms. The fraction of sp³-hybridized carbons (Fsp3) is 0.312. The minimum atomic E-state index is -0.527. The Bertz CT molecular complexity index is 994. The SMILES string of the molecule is CCOC(=O)CSc1cc(N=c2sc(=S)n3n2CCC=C3)c(F)cc1Cl. The lowest BCUT2D eigenvalue weighted by Crippen LogP contribution is -2.22. The number of allylic oxidation sites excluding steroid dienone is 1. The van der Waals surface area contributed by atoms with Crippen LogP contribution >= 0.6 is 46.9 Å². The Morgan fingerprint density at radius 2 is 2.35 bits per heavy atom. The Kier molecular flexibility index (Phi) is 6.33. The fourth-order valence-corrected chi connectivity index (χ4v) is 4.61. The number of nitrogens with zero attached hydrogens (tertiary/aromatic N) is 3. The second-order valence-electron chi connectivity index (χ2n) is 5.23. The number of esters is 1. The van der Waals surface area contributed by atoms with Gasteiger partial charge < -0.3 is 4.74 Å². The lowest BCUT2D eigenvalue weighted by molar-refractivity contribution is -0.139. The molecule has 0 saturated heterocycles. The molecule has 1 aliphatic heterocycles. The summed E-state index contributed by atoms with van der Waals surface area (Å²) in [5.74, 6) is -0.780. The van der Waals surface area contributed by atoms with Crippen LogP contribution in [0.25, 0.3) is 6.20 Å². The average molecular weight is 432 g/mol. The number of hydrogen-bond acceptors (Lipinski definition) is 6. The van der Waals surface area contributed by atoms with Crippen molar-refractivity contribution in [3.63, 3.8) is 0 Å². The molecule has 0 amide bonds. The molecule has 10 heteroatoms. The van der Waals surface area contributed by atoms with Gasteiger partial charge in [-0.2, -0.15) is 0 Å². The van der Waals surface area contributed by atoms with Crippen molar-refractivity contribution in [1.82, 2.24) is 9.36 Å². The maximum atomic E-state index is 14.3. The van der Waals surface area contributed by atoms with Crippen molar-refractivity contribution < 1.29 is 13.9 Å². The van der Waals surface area contributed by atoms with Gasteiger partial charge in [-0.05, 0) is 37.7 Å². The zero-order valence-electron chi connectivity index (χ0n) is 13.8. The van der Waals surface area contributed by atoms with E-state index in [2.05, 4.69) is 4.99 Å². The van der Waals surface area contributed by atoms with E-state index in [-0.39, 0.29) is 22.4 Å². The first-order chi connectivity index (χ1) is 12.5. The number of carbonyl (C=O) groups excluding carboxylic acids is 1. The molecule has 0 spiro atoms. The van der Waals surface area contributed by atoms with Crippen LogP contribution in [0.1, 0.15) is 13.3 Å². The Hall–Kier alpha value is -1.42. The third-order valence-electron chi connectivity index (χ3n) is 3.47. The van der Waals surface area contributed by atoms with E-state index in [1.165, 1.54) is 29.2 Å². The van der Waals surface area contributed by atoms with Gasteiger partial charge in [0, 0.05) is 17.6 Å². The van der Waals surface area contributed by atoms with Crippen LogP contribution in [0.5, 0.6) is 0 Å². The van der Waals surface area contributed by atoms with E-state index in [1.807, 2.05) is 21.6 Å². The maximum Gasteiger partial charge on any atom is 0.316 e. The van der Waals surface area contributed by atoms with Gasteiger partial charge in [-0.25, -0.2) is 14.1 Å². The molecule has 2 aromatic rings. The van der Waals surface area contributed by atoms with Crippen molar-refractivity contribution in [2.45, 2.75) is 24.8 Å². The van der Waals surface area contributed by atoms with Gasteiger partial charge in [-0.1, -0.05) is 29.0 Å². The van der Waals surface area contributed by atoms with Gasteiger partial charge in [0.25, 0.3) is 0 Å². The first-order valence-corrected chi connectivity index (χ1v) is 10.4. The Balaban J connectivity index is 1.96. The van der Waals surface area contributed by atoms with Crippen molar-refractivity contribution in [2.75, 3.05) is 12.4 Å². The van der Waals surface area contributed by atoms with Crippen LogP contribution in [0.15, 0.2) is 28.1 Å². The van der Waals surface area contributed by atoms with Crippen molar-refractivity contribution in [1.29, 1.82) is 0 Å². The van der Waals surface area contributed by atoms with Gasteiger partial charge in [0.1, 0.15) is 11.5 Å². The molecule has 0 fully saturated rings. The van der Waals surface area contributed by atoms with Crippen LogP contribution in [-0.4, -0.2) is 27.7 Å². The maximum absolute atomic E-state index is 14.3. The van der Waals surface area contributed by atoms with Crippen molar-refractivity contribution in [2.24, 2.45) is 4.99 Å². The molecule has 26 heavy (non-hydrogen) atoms. The number of aromatic nitrogens is 2. The third-order valence-corrected chi connectivity index (χ3v) is 6.21. The number of carbonyl (C=O) groups is 1.